The molecule has 0 spiro atoms. The van der Waals surface area contributed by atoms with E-state index < -0.39 is 6.10 Å². The van der Waals surface area contributed by atoms with Gasteiger partial charge in [0.2, 0.25) is 0 Å². The lowest BCUT2D eigenvalue weighted by Gasteiger charge is -2.13. The number of hydrogen-bond donors (Lipinski definition) is 2. The summed E-state index contributed by atoms with van der Waals surface area (Å²) in [7, 11) is 3.17. The smallest absolute Gasteiger partial charge is 0.161 e. The van der Waals surface area contributed by atoms with Crippen LogP contribution in [0.4, 0.5) is 4.39 Å². The first kappa shape index (κ1) is 19.2. The molecule has 0 fully saturated rings. The van der Waals surface area contributed by atoms with E-state index in [4.69, 9.17) is 14.2 Å². The Balaban J connectivity index is 1.68. The minimum atomic E-state index is -0.624. The number of ether oxygens (including phenoxy) is 3. The molecule has 6 heteroatoms. The Hall–Kier alpha value is -2.15. The van der Waals surface area contributed by atoms with Crippen molar-refractivity contribution >= 4 is 0 Å². The van der Waals surface area contributed by atoms with Crippen molar-refractivity contribution in [2.24, 2.45) is 0 Å². The normalized spacial score (nSPS) is 12.0. The monoisotopic (exact) mass is 349 g/mol. The molecule has 136 valence electrons. The van der Waals surface area contributed by atoms with Gasteiger partial charge in [0.1, 0.15) is 5.82 Å². The summed E-state index contributed by atoms with van der Waals surface area (Å²) >= 11 is 0. The van der Waals surface area contributed by atoms with Crippen LogP contribution >= 0.6 is 0 Å². The van der Waals surface area contributed by atoms with Crippen molar-refractivity contribution in [3.05, 3.63) is 59.4 Å². The summed E-state index contributed by atoms with van der Waals surface area (Å²) in [5.74, 6) is 1.05. The maximum absolute atomic E-state index is 12.8. The lowest BCUT2D eigenvalue weighted by atomic mass is 10.2. The van der Waals surface area contributed by atoms with E-state index in [1.165, 1.54) is 12.1 Å². The van der Waals surface area contributed by atoms with Gasteiger partial charge in [-0.1, -0.05) is 18.2 Å². The topological polar surface area (TPSA) is 60.0 Å². The zero-order valence-corrected chi connectivity index (χ0v) is 14.5. The predicted molar refractivity (Wildman–Crippen MR) is 93.3 cm³/mol. The lowest BCUT2D eigenvalue weighted by Crippen LogP contribution is -2.30. The van der Waals surface area contributed by atoms with Gasteiger partial charge in [0.25, 0.3) is 0 Å². The fourth-order valence-electron chi connectivity index (χ4n) is 2.33. The summed E-state index contributed by atoms with van der Waals surface area (Å²) in [6, 6.07) is 11.8. The Morgan fingerprint density at radius 2 is 1.68 bits per heavy atom. The van der Waals surface area contributed by atoms with Gasteiger partial charge in [0.05, 0.1) is 33.5 Å². The number of benzene rings is 2. The van der Waals surface area contributed by atoms with Crippen molar-refractivity contribution in [1.82, 2.24) is 5.32 Å². The van der Waals surface area contributed by atoms with Gasteiger partial charge in [-0.25, -0.2) is 4.39 Å². The van der Waals surface area contributed by atoms with Crippen LogP contribution < -0.4 is 14.8 Å². The Morgan fingerprint density at radius 3 is 2.36 bits per heavy atom. The molecule has 0 saturated heterocycles. The van der Waals surface area contributed by atoms with Crippen molar-refractivity contribution in [2.45, 2.75) is 19.3 Å². The Kier molecular flexibility index (Phi) is 7.66. The minimum Gasteiger partial charge on any atom is -0.493 e. The third kappa shape index (κ3) is 6.34. The fraction of sp³-hybridized carbons (Fsp3) is 0.368. The first-order valence-electron chi connectivity index (χ1n) is 8.04. The molecule has 2 rings (SSSR count). The number of rotatable bonds is 10. The lowest BCUT2D eigenvalue weighted by molar-refractivity contribution is 0.0287. The van der Waals surface area contributed by atoms with Crippen LogP contribution in [0, 0.1) is 5.82 Å². The number of aliphatic hydroxyl groups is 1. The molecule has 0 saturated carbocycles. The molecular formula is C19H24FNO4. The Labute approximate surface area is 147 Å². The van der Waals surface area contributed by atoms with Gasteiger partial charge in [-0.15, -0.1) is 0 Å². The van der Waals surface area contributed by atoms with E-state index in [-0.39, 0.29) is 12.4 Å². The molecule has 2 aromatic carbocycles. The molecular weight excluding hydrogens is 325 g/mol. The third-order valence-electron chi connectivity index (χ3n) is 3.65. The number of halogens is 1. The van der Waals surface area contributed by atoms with Crippen molar-refractivity contribution in [3.63, 3.8) is 0 Å². The van der Waals surface area contributed by atoms with Gasteiger partial charge in [-0.05, 0) is 35.4 Å². The van der Waals surface area contributed by atoms with Crippen molar-refractivity contribution in [1.29, 1.82) is 0 Å². The van der Waals surface area contributed by atoms with Crippen molar-refractivity contribution < 1.29 is 23.7 Å². The second kappa shape index (κ2) is 9.98. The predicted octanol–water partition coefficient (Wildman–Crippen LogP) is 2.51. The van der Waals surface area contributed by atoms with Gasteiger partial charge in [0, 0.05) is 13.1 Å². The molecule has 0 aliphatic heterocycles. The molecule has 0 heterocycles. The van der Waals surface area contributed by atoms with E-state index in [1.54, 1.807) is 26.4 Å². The summed E-state index contributed by atoms with van der Waals surface area (Å²) < 4.78 is 28.8. The fourth-order valence-corrected chi connectivity index (χ4v) is 2.33. The van der Waals surface area contributed by atoms with Crippen LogP contribution in [0.2, 0.25) is 0 Å². The molecule has 0 radical (unpaired) electrons. The molecule has 2 N–H and O–H groups in total. The molecule has 0 amide bonds. The van der Waals surface area contributed by atoms with Crippen molar-refractivity contribution in [3.8, 4) is 11.5 Å². The number of methoxy groups -OCH3 is 2. The Morgan fingerprint density at radius 1 is 1.00 bits per heavy atom. The second-order valence-electron chi connectivity index (χ2n) is 5.62. The number of hydrogen-bond acceptors (Lipinski definition) is 5. The number of aliphatic hydroxyl groups excluding tert-OH is 1. The SMILES string of the molecule is COc1ccc(COC[C@H](O)CNCc2ccc(F)cc2)cc1OC. The molecule has 1 atom stereocenters. The standard InChI is InChI=1S/C19H24FNO4/c1-23-18-8-5-15(9-19(18)24-2)12-25-13-17(22)11-21-10-14-3-6-16(20)7-4-14/h3-9,17,21-22H,10-13H2,1-2H3/t17-/m1/s1. The second-order valence-corrected chi connectivity index (χ2v) is 5.62. The van der Waals surface area contributed by atoms with Crippen LogP contribution in [-0.4, -0.2) is 38.6 Å². The quantitative estimate of drug-likeness (QED) is 0.690. The highest BCUT2D eigenvalue weighted by atomic mass is 19.1. The highest BCUT2D eigenvalue weighted by Gasteiger charge is 2.07. The largest absolute Gasteiger partial charge is 0.493 e. The molecule has 0 aromatic heterocycles. The maximum atomic E-state index is 12.8. The zero-order valence-electron chi connectivity index (χ0n) is 14.5. The van der Waals surface area contributed by atoms with E-state index in [0.29, 0.717) is 31.2 Å². The van der Waals surface area contributed by atoms with Gasteiger partial charge in [-0.2, -0.15) is 0 Å². The van der Waals surface area contributed by atoms with Gasteiger partial charge in [0.15, 0.2) is 11.5 Å². The molecule has 0 unspecified atom stereocenters. The van der Waals surface area contributed by atoms with E-state index in [2.05, 4.69) is 5.32 Å². The average molecular weight is 349 g/mol. The summed E-state index contributed by atoms with van der Waals surface area (Å²) in [5.41, 5.74) is 1.89. The molecule has 0 bridgehead atoms. The molecule has 2 aromatic rings. The average Bonchev–Trinajstić information content (AvgIpc) is 2.63. The van der Waals surface area contributed by atoms with Crippen LogP contribution in [0.1, 0.15) is 11.1 Å². The van der Waals surface area contributed by atoms with Crippen LogP contribution in [-0.2, 0) is 17.9 Å². The maximum Gasteiger partial charge on any atom is 0.161 e. The third-order valence-corrected chi connectivity index (χ3v) is 3.65. The minimum absolute atomic E-state index is 0.213. The van der Waals surface area contributed by atoms with E-state index in [1.807, 2.05) is 18.2 Å². The summed E-state index contributed by atoms with van der Waals surface area (Å²) in [6.45, 7) is 1.54. The van der Waals surface area contributed by atoms with Crippen LogP contribution in [0.25, 0.3) is 0 Å². The highest BCUT2D eigenvalue weighted by molar-refractivity contribution is 5.42. The van der Waals surface area contributed by atoms with Crippen LogP contribution in [0.15, 0.2) is 42.5 Å². The van der Waals surface area contributed by atoms with E-state index in [0.717, 1.165) is 11.1 Å². The van der Waals surface area contributed by atoms with Crippen LogP contribution in [0.3, 0.4) is 0 Å². The van der Waals surface area contributed by atoms with E-state index >= 15 is 0 Å². The van der Waals surface area contributed by atoms with Gasteiger partial charge in [-0.3, -0.25) is 0 Å². The highest BCUT2D eigenvalue weighted by Crippen LogP contribution is 2.27. The first-order valence-corrected chi connectivity index (χ1v) is 8.04. The Bertz CT molecular complexity index is 648. The van der Waals surface area contributed by atoms with E-state index in [9.17, 15) is 9.50 Å². The molecule has 5 nitrogen and oxygen atoms in total. The summed E-state index contributed by atoms with van der Waals surface area (Å²) in [6.07, 6.45) is -0.624. The first-order chi connectivity index (χ1) is 12.1. The molecule has 25 heavy (non-hydrogen) atoms. The zero-order chi connectivity index (χ0) is 18.1. The van der Waals surface area contributed by atoms with Crippen molar-refractivity contribution in [2.75, 3.05) is 27.4 Å². The van der Waals surface area contributed by atoms with Crippen LogP contribution in [0.5, 0.6) is 11.5 Å². The van der Waals surface area contributed by atoms with Gasteiger partial charge < -0.3 is 24.6 Å². The summed E-state index contributed by atoms with van der Waals surface area (Å²) in [4.78, 5) is 0. The van der Waals surface area contributed by atoms with Gasteiger partial charge >= 0.3 is 0 Å². The summed E-state index contributed by atoms with van der Waals surface area (Å²) in [5, 5.41) is 13.1. The molecule has 0 aliphatic rings. The number of nitrogens with one attached hydrogen (secondary N) is 1. The molecule has 0 aliphatic carbocycles.